The molecule has 1 saturated carbocycles. The van der Waals surface area contributed by atoms with Crippen molar-refractivity contribution in [3.8, 4) is 5.69 Å². The average molecular weight is 395 g/mol. The molecule has 1 aliphatic heterocycles. The Morgan fingerprint density at radius 3 is 2.24 bits per heavy atom. The number of hydrogen-bond acceptors (Lipinski definition) is 3. The fourth-order valence-corrected chi connectivity index (χ4v) is 4.53. The van der Waals surface area contributed by atoms with Crippen molar-refractivity contribution in [2.75, 3.05) is 26.2 Å². The van der Waals surface area contributed by atoms with Crippen LogP contribution in [0.25, 0.3) is 5.69 Å². The maximum absolute atomic E-state index is 13.2. The van der Waals surface area contributed by atoms with Gasteiger partial charge in [-0.2, -0.15) is 5.10 Å². The van der Waals surface area contributed by atoms with E-state index in [4.69, 9.17) is 0 Å². The van der Waals surface area contributed by atoms with Crippen molar-refractivity contribution in [2.24, 2.45) is 5.92 Å². The topological polar surface area (TPSA) is 58.4 Å². The van der Waals surface area contributed by atoms with Gasteiger partial charge in [0.25, 0.3) is 5.91 Å². The van der Waals surface area contributed by atoms with Crippen LogP contribution < -0.4 is 0 Å². The van der Waals surface area contributed by atoms with Crippen LogP contribution >= 0.6 is 0 Å². The first-order valence-electron chi connectivity index (χ1n) is 10.8. The molecule has 6 nitrogen and oxygen atoms in total. The minimum absolute atomic E-state index is 0.0215. The van der Waals surface area contributed by atoms with Crippen molar-refractivity contribution in [3.05, 3.63) is 47.3 Å². The lowest BCUT2D eigenvalue weighted by Crippen LogP contribution is -2.51. The van der Waals surface area contributed by atoms with Crippen LogP contribution in [0.15, 0.2) is 30.5 Å². The van der Waals surface area contributed by atoms with E-state index in [0.29, 0.717) is 31.7 Å². The fourth-order valence-electron chi connectivity index (χ4n) is 4.53. The van der Waals surface area contributed by atoms with Crippen LogP contribution in [-0.4, -0.2) is 57.6 Å². The van der Waals surface area contributed by atoms with E-state index in [2.05, 4.69) is 31.1 Å². The number of aromatic nitrogens is 2. The molecule has 1 aromatic carbocycles. The molecule has 2 heterocycles. The molecular weight excluding hydrogens is 364 g/mol. The summed E-state index contributed by atoms with van der Waals surface area (Å²) >= 11 is 0. The Kier molecular flexibility index (Phi) is 5.69. The summed E-state index contributed by atoms with van der Waals surface area (Å²) in [4.78, 5) is 29.6. The predicted molar refractivity (Wildman–Crippen MR) is 112 cm³/mol. The largest absolute Gasteiger partial charge is 0.339 e. The number of rotatable bonds is 4. The van der Waals surface area contributed by atoms with Crippen LogP contribution in [0.5, 0.6) is 0 Å². The number of benzene rings is 1. The second-order valence-corrected chi connectivity index (χ2v) is 8.20. The van der Waals surface area contributed by atoms with Crippen LogP contribution in [0.3, 0.4) is 0 Å². The van der Waals surface area contributed by atoms with Gasteiger partial charge in [0.1, 0.15) is 0 Å². The van der Waals surface area contributed by atoms with Crippen LogP contribution in [-0.2, 0) is 11.2 Å². The first-order valence-corrected chi connectivity index (χ1v) is 10.8. The summed E-state index contributed by atoms with van der Waals surface area (Å²) < 4.78 is 1.87. The molecule has 1 aliphatic carbocycles. The van der Waals surface area contributed by atoms with Crippen molar-refractivity contribution in [2.45, 2.75) is 46.0 Å². The smallest absolute Gasteiger partial charge is 0.257 e. The van der Waals surface area contributed by atoms with Crippen molar-refractivity contribution in [1.82, 2.24) is 19.6 Å². The minimum atomic E-state index is 0.0215. The average Bonchev–Trinajstić information content (AvgIpc) is 3.43. The number of carbonyl (C=O) groups excluding carboxylic acids is 2. The monoisotopic (exact) mass is 394 g/mol. The molecule has 2 amide bonds. The normalized spacial score (nSPS) is 17.7. The molecule has 0 bridgehead atoms. The highest BCUT2D eigenvalue weighted by Crippen LogP contribution is 2.27. The fraction of sp³-hybridized carbons (Fsp3) is 0.522. The predicted octanol–water partition coefficient (Wildman–Crippen LogP) is 3.22. The molecule has 0 spiro atoms. The Bertz CT molecular complexity index is 873. The van der Waals surface area contributed by atoms with Crippen molar-refractivity contribution in [1.29, 1.82) is 0 Å². The van der Waals surface area contributed by atoms with Gasteiger partial charge in [0.2, 0.25) is 5.91 Å². The molecule has 6 heteroatoms. The number of carbonyl (C=O) groups is 2. The molecule has 0 atom stereocenters. The molecule has 0 N–H and O–H groups in total. The lowest BCUT2D eigenvalue weighted by molar-refractivity contribution is -0.136. The lowest BCUT2D eigenvalue weighted by atomic mass is 10.1. The van der Waals surface area contributed by atoms with E-state index in [-0.39, 0.29) is 17.7 Å². The van der Waals surface area contributed by atoms with Gasteiger partial charge in [-0.15, -0.1) is 0 Å². The quantitative estimate of drug-likeness (QED) is 0.800. The first-order chi connectivity index (χ1) is 14.1. The number of aryl methyl sites for hydroxylation is 1. The third-order valence-electron chi connectivity index (χ3n) is 6.30. The summed E-state index contributed by atoms with van der Waals surface area (Å²) in [5.74, 6) is 0.515. The molecule has 1 saturated heterocycles. The first kappa shape index (κ1) is 19.7. The molecular formula is C23H30N4O2. The van der Waals surface area contributed by atoms with Gasteiger partial charge >= 0.3 is 0 Å². The van der Waals surface area contributed by atoms with E-state index in [0.717, 1.165) is 30.6 Å². The van der Waals surface area contributed by atoms with Crippen LogP contribution in [0.4, 0.5) is 0 Å². The summed E-state index contributed by atoms with van der Waals surface area (Å²) in [5, 5.41) is 4.50. The van der Waals surface area contributed by atoms with Gasteiger partial charge in [0, 0.05) is 32.1 Å². The molecule has 29 heavy (non-hydrogen) atoms. The zero-order valence-corrected chi connectivity index (χ0v) is 17.4. The number of hydrogen-bond donors (Lipinski definition) is 0. The zero-order chi connectivity index (χ0) is 20.4. The van der Waals surface area contributed by atoms with E-state index < -0.39 is 0 Å². The summed E-state index contributed by atoms with van der Waals surface area (Å²) in [7, 11) is 0. The minimum Gasteiger partial charge on any atom is -0.339 e. The van der Waals surface area contributed by atoms with Crippen molar-refractivity contribution < 1.29 is 9.59 Å². The third-order valence-corrected chi connectivity index (χ3v) is 6.30. The number of piperazine rings is 1. The lowest BCUT2D eigenvalue weighted by Gasteiger charge is -2.36. The maximum Gasteiger partial charge on any atom is 0.257 e. The van der Waals surface area contributed by atoms with E-state index in [1.807, 2.05) is 26.6 Å². The molecule has 0 radical (unpaired) electrons. The highest BCUT2D eigenvalue weighted by Gasteiger charge is 2.31. The zero-order valence-electron chi connectivity index (χ0n) is 17.4. The summed E-state index contributed by atoms with van der Waals surface area (Å²) in [6, 6.07) is 8.17. The Morgan fingerprint density at radius 1 is 1.00 bits per heavy atom. The van der Waals surface area contributed by atoms with Gasteiger partial charge in [0.15, 0.2) is 0 Å². The molecule has 2 aliphatic rings. The second-order valence-electron chi connectivity index (χ2n) is 8.20. The van der Waals surface area contributed by atoms with Crippen LogP contribution in [0, 0.1) is 12.8 Å². The number of amides is 2. The Balaban J connectivity index is 1.45. The van der Waals surface area contributed by atoms with Crippen LogP contribution in [0.2, 0.25) is 0 Å². The highest BCUT2D eigenvalue weighted by molar-refractivity contribution is 5.95. The SMILES string of the molecule is CCc1c(C(=O)N2CCN(C(=O)C3CCCC3)CC2)cnn1-c1ccc(C)cc1. The van der Waals surface area contributed by atoms with E-state index in [1.165, 1.54) is 18.4 Å². The van der Waals surface area contributed by atoms with Gasteiger partial charge in [-0.05, 0) is 38.3 Å². The number of nitrogens with zero attached hydrogens (tertiary/aromatic N) is 4. The standard InChI is InChI=1S/C23H30N4O2/c1-3-21-20(16-24-27(21)19-10-8-17(2)9-11-19)23(29)26-14-12-25(13-15-26)22(28)18-6-4-5-7-18/h8-11,16,18H,3-7,12-15H2,1-2H3. The molecule has 0 unspecified atom stereocenters. The summed E-state index contributed by atoms with van der Waals surface area (Å²) in [6.07, 6.45) is 6.80. The van der Waals surface area contributed by atoms with Gasteiger partial charge in [0.05, 0.1) is 23.1 Å². The highest BCUT2D eigenvalue weighted by atomic mass is 16.2. The Labute approximate surface area is 172 Å². The van der Waals surface area contributed by atoms with E-state index in [1.54, 1.807) is 6.20 Å². The molecule has 4 rings (SSSR count). The maximum atomic E-state index is 13.2. The van der Waals surface area contributed by atoms with E-state index >= 15 is 0 Å². The molecule has 2 aromatic rings. The summed E-state index contributed by atoms with van der Waals surface area (Å²) in [6.45, 7) is 6.56. The van der Waals surface area contributed by atoms with Crippen LogP contribution in [0.1, 0.15) is 54.2 Å². The summed E-state index contributed by atoms with van der Waals surface area (Å²) in [5.41, 5.74) is 3.77. The molecule has 154 valence electrons. The Hall–Kier alpha value is -2.63. The van der Waals surface area contributed by atoms with Gasteiger partial charge in [-0.3, -0.25) is 9.59 Å². The van der Waals surface area contributed by atoms with Gasteiger partial charge in [-0.1, -0.05) is 37.5 Å². The van der Waals surface area contributed by atoms with E-state index in [9.17, 15) is 9.59 Å². The van der Waals surface area contributed by atoms with Crippen molar-refractivity contribution in [3.63, 3.8) is 0 Å². The second kappa shape index (κ2) is 8.39. The molecule has 2 fully saturated rings. The van der Waals surface area contributed by atoms with Gasteiger partial charge in [-0.25, -0.2) is 4.68 Å². The molecule has 1 aromatic heterocycles. The van der Waals surface area contributed by atoms with Crippen molar-refractivity contribution >= 4 is 11.8 Å². The van der Waals surface area contributed by atoms with Gasteiger partial charge < -0.3 is 9.80 Å². The third kappa shape index (κ3) is 3.93. The Morgan fingerprint density at radius 2 is 1.62 bits per heavy atom.